The Balaban J connectivity index is 1.58. The second-order valence-corrected chi connectivity index (χ2v) is 7.58. The molecule has 3 rings (SSSR count). The highest BCUT2D eigenvalue weighted by atomic mass is 32.1. The molecule has 0 bridgehead atoms. The van der Waals surface area contributed by atoms with Gasteiger partial charge in [0, 0.05) is 18.7 Å². The Hall–Kier alpha value is -2.72. The molecule has 2 heterocycles. The number of urea groups is 1. The minimum absolute atomic E-state index is 0.0653. The number of halogens is 1. The van der Waals surface area contributed by atoms with E-state index < -0.39 is 17.8 Å². The second kappa shape index (κ2) is 9.66. The summed E-state index contributed by atoms with van der Waals surface area (Å²) < 4.78 is 23.3. The van der Waals surface area contributed by atoms with Gasteiger partial charge >= 0.3 is 12.0 Å². The number of carbonyl (C=O) groups is 2. The number of aromatic nitrogens is 1. The Morgan fingerprint density at radius 1 is 1.34 bits per heavy atom. The van der Waals surface area contributed by atoms with Gasteiger partial charge in [-0.05, 0) is 56.0 Å². The van der Waals surface area contributed by atoms with Gasteiger partial charge in [-0.25, -0.2) is 14.0 Å². The van der Waals surface area contributed by atoms with Crippen molar-refractivity contribution in [3.63, 3.8) is 0 Å². The fourth-order valence-electron chi connectivity index (χ4n) is 3.04. The van der Waals surface area contributed by atoms with Gasteiger partial charge in [-0.1, -0.05) is 12.1 Å². The normalized spacial score (nSPS) is 14.0. The number of ether oxygens (including phenoxy) is 1. The van der Waals surface area contributed by atoms with E-state index in [-0.39, 0.29) is 28.6 Å². The van der Waals surface area contributed by atoms with Crippen LogP contribution in [-0.2, 0) is 6.61 Å². The number of carboxylic acid groups (broad SMARTS) is 1. The van der Waals surface area contributed by atoms with E-state index in [1.165, 1.54) is 18.9 Å². The van der Waals surface area contributed by atoms with Crippen molar-refractivity contribution in [3.05, 3.63) is 40.7 Å². The number of benzene rings is 1. The highest BCUT2D eigenvalue weighted by molar-refractivity contribution is 7.11. The van der Waals surface area contributed by atoms with E-state index in [0.717, 1.165) is 36.7 Å². The molecule has 1 aromatic carbocycles. The van der Waals surface area contributed by atoms with Crippen LogP contribution < -0.4 is 15.4 Å². The maximum absolute atomic E-state index is 13.9. The van der Waals surface area contributed by atoms with Crippen molar-refractivity contribution in [1.29, 1.82) is 0 Å². The summed E-state index contributed by atoms with van der Waals surface area (Å²) in [5, 5.41) is 14.8. The standard InChI is InChI=1S/C19H23FN4O4S/c1-12-4-5-13(14(20)10-12)11-28-16-15(18(25)26)17(29-23-16)22-19(27)21-6-9-24-7-2-3-8-24/h4-5,10H,2-3,6-9,11H2,1H3,(H,25,26)(H2,21,22,27). The van der Waals surface area contributed by atoms with Crippen LogP contribution in [0.1, 0.15) is 34.3 Å². The molecule has 0 unspecified atom stereocenters. The van der Waals surface area contributed by atoms with Crippen molar-refractivity contribution in [1.82, 2.24) is 14.6 Å². The summed E-state index contributed by atoms with van der Waals surface area (Å²) in [6.07, 6.45) is 2.34. The van der Waals surface area contributed by atoms with Crippen molar-refractivity contribution < 1.29 is 23.8 Å². The Morgan fingerprint density at radius 3 is 2.79 bits per heavy atom. The first-order valence-corrected chi connectivity index (χ1v) is 10.1. The number of rotatable bonds is 8. The third-order valence-electron chi connectivity index (χ3n) is 4.59. The van der Waals surface area contributed by atoms with E-state index in [0.29, 0.717) is 6.54 Å². The van der Waals surface area contributed by atoms with Crippen LogP contribution >= 0.6 is 11.5 Å². The zero-order chi connectivity index (χ0) is 20.8. The quantitative estimate of drug-likeness (QED) is 0.604. The van der Waals surface area contributed by atoms with Gasteiger partial charge in [0.05, 0.1) is 0 Å². The maximum Gasteiger partial charge on any atom is 0.344 e. The topological polar surface area (TPSA) is 104 Å². The average molecular weight is 422 g/mol. The van der Waals surface area contributed by atoms with Gasteiger partial charge in [-0.3, -0.25) is 5.32 Å². The van der Waals surface area contributed by atoms with Crippen molar-refractivity contribution >= 4 is 28.5 Å². The Labute approximate surface area is 171 Å². The SMILES string of the molecule is Cc1ccc(COc2nsc(NC(=O)NCCN3CCCC3)c2C(=O)O)c(F)c1. The molecular formula is C19H23FN4O4S. The van der Waals surface area contributed by atoms with Crippen LogP contribution in [0.3, 0.4) is 0 Å². The molecule has 156 valence electrons. The molecule has 1 aliphatic heterocycles. The monoisotopic (exact) mass is 422 g/mol. The summed E-state index contributed by atoms with van der Waals surface area (Å²) in [7, 11) is 0. The van der Waals surface area contributed by atoms with Gasteiger partial charge in [0.15, 0.2) is 5.56 Å². The molecule has 0 aliphatic carbocycles. The summed E-state index contributed by atoms with van der Waals surface area (Å²) in [6, 6.07) is 4.17. The van der Waals surface area contributed by atoms with Crippen molar-refractivity contribution in [3.8, 4) is 5.88 Å². The summed E-state index contributed by atoms with van der Waals surface area (Å²) in [5.74, 6) is -1.88. The number of anilines is 1. The van der Waals surface area contributed by atoms with E-state index in [1.54, 1.807) is 19.1 Å². The van der Waals surface area contributed by atoms with Crippen molar-refractivity contribution in [2.45, 2.75) is 26.4 Å². The molecule has 29 heavy (non-hydrogen) atoms. The largest absolute Gasteiger partial charge is 0.477 e. The molecule has 0 saturated carbocycles. The lowest BCUT2D eigenvalue weighted by atomic mass is 10.1. The molecule has 1 fully saturated rings. The molecule has 10 heteroatoms. The minimum Gasteiger partial charge on any atom is -0.477 e. The van der Waals surface area contributed by atoms with Crippen LogP contribution in [0.4, 0.5) is 14.2 Å². The number of nitrogens with zero attached hydrogens (tertiary/aromatic N) is 2. The lowest BCUT2D eigenvalue weighted by Crippen LogP contribution is -2.36. The number of hydrogen-bond acceptors (Lipinski definition) is 6. The zero-order valence-corrected chi connectivity index (χ0v) is 16.9. The van der Waals surface area contributed by atoms with Gasteiger partial charge in [0.25, 0.3) is 0 Å². The third-order valence-corrected chi connectivity index (χ3v) is 5.33. The lowest BCUT2D eigenvalue weighted by molar-refractivity contribution is 0.0693. The van der Waals surface area contributed by atoms with Crippen molar-refractivity contribution in [2.24, 2.45) is 0 Å². The number of amides is 2. The fourth-order valence-corrected chi connectivity index (χ4v) is 3.77. The number of aromatic carboxylic acids is 1. The molecule has 0 spiro atoms. The number of carboxylic acids is 1. The van der Waals surface area contributed by atoms with Crippen LogP contribution in [-0.4, -0.2) is 52.6 Å². The molecule has 0 atom stereocenters. The average Bonchev–Trinajstić information content (AvgIpc) is 3.31. The molecular weight excluding hydrogens is 399 g/mol. The third kappa shape index (κ3) is 5.64. The van der Waals surface area contributed by atoms with Gasteiger partial charge in [-0.15, -0.1) is 0 Å². The Morgan fingerprint density at radius 2 is 2.10 bits per heavy atom. The number of likely N-dealkylation sites (tertiary alicyclic amines) is 1. The summed E-state index contributed by atoms with van der Waals surface area (Å²) in [5.41, 5.74) is 0.805. The molecule has 2 aromatic rings. The maximum atomic E-state index is 13.9. The predicted octanol–water partition coefficient (Wildman–Crippen LogP) is 3.09. The lowest BCUT2D eigenvalue weighted by Gasteiger charge is -2.14. The van der Waals surface area contributed by atoms with E-state index in [1.807, 2.05) is 0 Å². The van der Waals surface area contributed by atoms with E-state index in [9.17, 15) is 19.1 Å². The molecule has 8 nitrogen and oxygen atoms in total. The highest BCUT2D eigenvalue weighted by Gasteiger charge is 2.24. The molecule has 1 aliphatic rings. The zero-order valence-electron chi connectivity index (χ0n) is 16.0. The second-order valence-electron chi connectivity index (χ2n) is 6.81. The molecule has 2 amide bonds. The van der Waals surface area contributed by atoms with Gasteiger partial charge < -0.3 is 20.1 Å². The smallest absolute Gasteiger partial charge is 0.344 e. The van der Waals surface area contributed by atoms with Crippen LogP contribution in [0.5, 0.6) is 5.88 Å². The van der Waals surface area contributed by atoms with Gasteiger partial charge in [0.2, 0.25) is 5.88 Å². The van der Waals surface area contributed by atoms with Gasteiger partial charge in [0.1, 0.15) is 17.4 Å². The Bertz CT molecular complexity index is 883. The van der Waals surface area contributed by atoms with Crippen molar-refractivity contribution in [2.75, 3.05) is 31.5 Å². The first kappa shape index (κ1) is 21.0. The minimum atomic E-state index is -1.29. The molecule has 1 aromatic heterocycles. The molecule has 3 N–H and O–H groups in total. The van der Waals surface area contributed by atoms with Crippen LogP contribution in [0.2, 0.25) is 0 Å². The summed E-state index contributed by atoms with van der Waals surface area (Å²) >= 11 is 0.801. The summed E-state index contributed by atoms with van der Waals surface area (Å²) in [4.78, 5) is 26.0. The first-order chi connectivity index (χ1) is 13.9. The molecule has 1 saturated heterocycles. The van der Waals surface area contributed by atoms with E-state index >= 15 is 0 Å². The number of nitrogens with one attached hydrogen (secondary N) is 2. The number of aryl methyl sites for hydroxylation is 1. The number of carbonyl (C=O) groups excluding carboxylic acids is 1. The van der Waals surface area contributed by atoms with Crippen LogP contribution in [0.15, 0.2) is 18.2 Å². The molecule has 0 radical (unpaired) electrons. The first-order valence-electron chi connectivity index (χ1n) is 9.32. The predicted molar refractivity (Wildman–Crippen MR) is 107 cm³/mol. The highest BCUT2D eigenvalue weighted by Crippen LogP contribution is 2.31. The van der Waals surface area contributed by atoms with Crippen LogP contribution in [0, 0.1) is 12.7 Å². The van der Waals surface area contributed by atoms with E-state index in [4.69, 9.17) is 4.74 Å². The van der Waals surface area contributed by atoms with Crippen LogP contribution in [0.25, 0.3) is 0 Å². The summed E-state index contributed by atoms with van der Waals surface area (Å²) in [6.45, 7) is 4.87. The van der Waals surface area contributed by atoms with E-state index in [2.05, 4.69) is 19.9 Å². The van der Waals surface area contributed by atoms with Gasteiger partial charge in [-0.2, -0.15) is 4.37 Å². The Kier molecular flexibility index (Phi) is 6.99. The fraction of sp³-hybridized carbons (Fsp3) is 0.421. The number of hydrogen-bond donors (Lipinski definition) is 3.